The van der Waals surface area contributed by atoms with E-state index in [9.17, 15) is 9.59 Å². The second kappa shape index (κ2) is 8.00. The van der Waals surface area contributed by atoms with Crippen LogP contribution in [-0.2, 0) is 9.59 Å². The van der Waals surface area contributed by atoms with E-state index in [1.807, 2.05) is 6.92 Å². The number of carbonyl (C=O) groups is 2. The maximum absolute atomic E-state index is 11.7. The van der Waals surface area contributed by atoms with Crippen molar-refractivity contribution in [2.24, 2.45) is 4.99 Å². The van der Waals surface area contributed by atoms with Crippen LogP contribution < -0.4 is 10.6 Å². The first kappa shape index (κ1) is 15.8. The largest absolute Gasteiger partial charge is 0.357 e. The van der Waals surface area contributed by atoms with Crippen LogP contribution in [0.3, 0.4) is 0 Å². The summed E-state index contributed by atoms with van der Waals surface area (Å²) in [5, 5.41) is 6.65. The summed E-state index contributed by atoms with van der Waals surface area (Å²) in [4.78, 5) is 29.3. The van der Waals surface area contributed by atoms with Crippen LogP contribution in [0.4, 0.5) is 0 Å². The Hall–Kier alpha value is -1.59. The number of hydrogen-bond donors (Lipinski definition) is 2. The zero-order chi connectivity index (χ0) is 15.1. The summed E-state index contributed by atoms with van der Waals surface area (Å²) in [6, 6.07) is 0.501. The Morgan fingerprint density at radius 3 is 2.48 bits per heavy atom. The molecule has 0 aromatic heterocycles. The Morgan fingerprint density at radius 2 is 1.86 bits per heavy atom. The van der Waals surface area contributed by atoms with E-state index in [0.717, 1.165) is 12.5 Å². The summed E-state index contributed by atoms with van der Waals surface area (Å²) in [5.41, 5.74) is 0. The minimum atomic E-state index is -0.0600. The van der Waals surface area contributed by atoms with Crippen LogP contribution in [0, 0.1) is 0 Å². The number of hydrogen-bond acceptors (Lipinski definition) is 3. The van der Waals surface area contributed by atoms with E-state index in [2.05, 4.69) is 15.6 Å². The monoisotopic (exact) mass is 294 g/mol. The second-order valence-corrected chi connectivity index (χ2v) is 5.68. The van der Waals surface area contributed by atoms with Crippen LogP contribution in [0.15, 0.2) is 4.99 Å². The third-order valence-electron chi connectivity index (χ3n) is 4.02. The lowest BCUT2D eigenvalue weighted by atomic mass is 10.1. The Bertz CT molecular complexity index is 386. The Labute approximate surface area is 126 Å². The fourth-order valence-corrected chi connectivity index (χ4v) is 2.89. The summed E-state index contributed by atoms with van der Waals surface area (Å²) < 4.78 is 0. The average Bonchev–Trinajstić information content (AvgIpc) is 2.95. The van der Waals surface area contributed by atoms with Gasteiger partial charge in [0.2, 0.25) is 11.8 Å². The summed E-state index contributed by atoms with van der Waals surface area (Å²) in [6.45, 7) is 3.68. The highest BCUT2D eigenvalue weighted by molar-refractivity contribution is 5.97. The van der Waals surface area contributed by atoms with Gasteiger partial charge in [0, 0.05) is 32.0 Å². The van der Waals surface area contributed by atoms with Gasteiger partial charge in [0.25, 0.3) is 0 Å². The lowest BCUT2D eigenvalue weighted by Crippen LogP contribution is -2.44. The van der Waals surface area contributed by atoms with Crippen molar-refractivity contribution < 1.29 is 9.59 Å². The zero-order valence-electron chi connectivity index (χ0n) is 12.9. The highest BCUT2D eigenvalue weighted by atomic mass is 16.2. The van der Waals surface area contributed by atoms with Crippen LogP contribution in [0.2, 0.25) is 0 Å². The molecule has 2 N–H and O–H groups in total. The first-order valence-electron chi connectivity index (χ1n) is 8.08. The van der Waals surface area contributed by atoms with E-state index in [1.165, 1.54) is 30.6 Å². The molecule has 1 heterocycles. The van der Waals surface area contributed by atoms with Crippen molar-refractivity contribution in [3.63, 3.8) is 0 Å². The number of aliphatic imine (C=N–C) groups is 1. The van der Waals surface area contributed by atoms with Crippen LogP contribution in [0.25, 0.3) is 0 Å². The fraction of sp³-hybridized carbons (Fsp3) is 0.800. The number of likely N-dealkylation sites (tertiary alicyclic amines) is 1. The van der Waals surface area contributed by atoms with Gasteiger partial charge in [0.1, 0.15) is 0 Å². The molecule has 0 atom stereocenters. The minimum Gasteiger partial charge on any atom is -0.357 e. The minimum absolute atomic E-state index is 0.0600. The molecular formula is C15H26N4O2. The molecule has 1 saturated heterocycles. The van der Waals surface area contributed by atoms with Crippen LogP contribution in [-0.4, -0.2) is 48.3 Å². The van der Waals surface area contributed by atoms with Gasteiger partial charge in [-0.15, -0.1) is 0 Å². The molecule has 0 spiro atoms. The standard InChI is InChI=1S/C15H26N4O2/c1-2-16-15(18-12-6-3-4-7-12)17-10-11-19-13(20)8-5-9-14(19)21/h12H,2-11H2,1H3,(H2,16,17,18). The number of nitrogens with zero attached hydrogens (tertiary/aromatic N) is 2. The van der Waals surface area contributed by atoms with Gasteiger partial charge in [-0.25, -0.2) is 0 Å². The molecule has 2 amide bonds. The lowest BCUT2D eigenvalue weighted by Gasteiger charge is -2.24. The topological polar surface area (TPSA) is 73.8 Å². The molecule has 2 rings (SSSR count). The highest BCUT2D eigenvalue weighted by Gasteiger charge is 2.25. The molecule has 0 radical (unpaired) electrons. The molecule has 6 heteroatoms. The van der Waals surface area contributed by atoms with E-state index in [0.29, 0.717) is 38.4 Å². The van der Waals surface area contributed by atoms with Gasteiger partial charge in [-0.1, -0.05) is 12.8 Å². The molecule has 1 saturated carbocycles. The van der Waals surface area contributed by atoms with E-state index in [-0.39, 0.29) is 11.8 Å². The molecule has 2 aliphatic rings. The lowest BCUT2D eigenvalue weighted by molar-refractivity contribution is -0.147. The maximum atomic E-state index is 11.7. The number of carbonyl (C=O) groups excluding carboxylic acids is 2. The van der Waals surface area contributed by atoms with E-state index in [1.54, 1.807) is 0 Å². The van der Waals surface area contributed by atoms with Crippen molar-refractivity contribution in [2.45, 2.75) is 57.9 Å². The first-order valence-corrected chi connectivity index (χ1v) is 8.08. The Morgan fingerprint density at radius 1 is 1.19 bits per heavy atom. The van der Waals surface area contributed by atoms with E-state index >= 15 is 0 Å². The molecule has 0 unspecified atom stereocenters. The van der Waals surface area contributed by atoms with Crippen molar-refractivity contribution in [3.05, 3.63) is 0 Å². The molecule has 21 heavy (non-hydrogen) atoms. The van der Waals surface area contributed by atoms with E-state index < -0.39 is 0 Å². The summed E-state index contributed by atoms with van der Waals surface area (Å²) in [5.74, 6) is 0.673. The van der Waals surface area contributed by atoms with Crippen molar-refractivity contribution in [2.75, 3.05) is 19.6 Å². The zero-order valence-corrected chi connectivity index (χ0v) is 12.9. The quantitative estimate of drug-likeness (QED) is 0.451. The second-order valence-electron chi connectivity index (χ2n) is 5.68. The smallest absolute Gasteiger partial charge is 0.229 e. The van der Waals surface area contributed by atoms with Crippen molar-refractivity contribution in [3.8, 4) is 0 Å². The van der Waals surface area contributed by atoms with Gasteiger partial charge in [-0.3, -0.25) is 19.5 Å². The van der Waals surface area contributed by atoms with Gasteiger partial charge >= 0.3 is 0 Å². The number of rotatable bonds is 5. The van der Waals surface area contributed by atoms with Crippen LogP contribution in [0.1, 0.15) is 51.9 Å². The van der Waals surface area contributed by atoms with Crippen molar-refractivity contribution >= 4 is 17.8 Å². The Kier molecular flexibility index (Phi) is 6.02. The van der Waals surface area contributed by atoms with Crippen LogP contribution in [0.5, 0.6) is 0 Å². The number of amides is 2. The molecule has 118 valence electrons. The van der Waals surface area contributed by atoms with Gasteiger partial charge in [-0.05, 0) is 26.2 Å². The molecular weight excluding hydrogens is 268 g/mol. The van der Waals surface area contributed by atoms with Gasteiger partial charge in [0.05, 0.1) is 6.54 Å². The maximum Gasteiger partial charge on any atom is 0.229 e. The predicted octanol–water partition coefficient (Wildman–Crippen LogP) is 1.02. The third-order valence-corrected chi connectivity index (χ3v) is 4.02. The number of imide groups is 1. The number of guanidine groups is 1. The van der Waals surface area contributed by atoms with Gasteiger partial charge in [-0.2, -0.15) is 0 Å². The van der Waals surface area contributed by atoms with E-state index in [4.69, 9.17) is 0 Å². The molecule has 1 aliphatic heterocycles. The molecule has 6 nitrogen and oxygen atoms in total. The SMILES string of the molecule is CCNC(=NCCN1C(=O)CCCC1=O)NC1CCCC1. The van der Waals surface area contributed by atoms with Gasteiger partial charge in [0.15, 0.2) is 5.96 Å². The van der Waals surface area contributed by atoms with Crippen LogP contribution >= 0.6 is 0 Å². The first-order chi connectivity index (χ1) is 10.2. The van der Waals surface area contributed by atoms with Gasteiger partial charge < -0.3 is 10.6 Å². The summed E-state index contributed by atoms with van der Waals surface area (Å²) >= 11 is 0. The molecule has 2 fully saturated rings. The predicted molar refractivity (Wildman–Crippen MR) is 81.9 cm³/mol. The molecule has 0 aromatic carbocycles. The summed E-state index contributed by atoms with van der Waals surface area (Å²) in [6.07, 6.45) is 6.57. The fourth-order valence-electron chi connectivity index (χ4n) is 2.89. The molecule has 0 aromatic rings. The third kappa shape index (κ3) is 4.72. The number of nitrogens with one attached hydrogen (secondary N) is 2. The summed E-state index contributed by atoms with van der Waals surface area (Å²) in [7, 11) is 0. The molecule has 0 bridgehead atoms. The number of piperidine rings is 1. The average molecular weight is 294 g/mol. The normalized spacial score (nSPS) is 21.0. The van der Waals surface area contributed by atoms with Crippen molar-refractivity contribution in [1.29, 1.82) is 0 Å². The van der Waals surface area contributed by atoms with Crippen molar-refractivity contribution in [1.82, 2.24) is 15.5 Å². The Balaban J connectivity index is 1.83. The highest BCUT2D eigenvalue weighted by Crippen LogP contribution is 2.17. The molecule has 1 aliphatic carbocycles.